The van der Waals surface area contributed by atoms with Crippen LogP contribution in [0.5, 0.6) is 0 Å². The van der Waals surface area contributed by atoms with Gasteiger partial charge in [-0.15, -0.1) is 0 Å². The summed E-state index contributed by atoms with van der Waals surface area (Å²) in [6, 6.07) is 10.00. The molecule has 4 heteroatoms. The zero-order chi connectivity index (χ0) is 17.9. The summed E-state index contributed by atoms with van der Waals surface area (Å²) in [5.41, 5.74) is 1.76. The molecule has 4 aliphatic rings. The SMILES string of the molecule is Cc1c(Cl)cccc1-c1ccc(CNC23CC4CC(CC(O)(C4)C2)C3)o1. The Labute approximate surface area is 159 Å². The number of nitrogens with one attached hydrogen (secondary N) is 1. The molecular formula is C22H26ClNO2. The van der Waals surface area contributed by atoms with Gasteiger partial charge in [0.2, 0.25) is 0 Å². The van der Waals surface area contributed by atoms with Gasteiger partial charge in [0.05, 0.1) is 12.1 Å². The summed E-state index contributed by atoms with van der Waals surface area (Å²) in [4.78, 5) is 0. The monoisotopic (exact) mass is 371 g/mol. The fraction of sp³-hybridized carbons (Fsp3) is 0.545. The summed E-state index contributed by atoms with van der Waals surface area (Å²) >= 11 is 6.24. The third-order valence-corrected chi connectivity index (χ3v) is 7.27. The third kappa shape index (κ3) is 2.81. The van der Waals surface area contributed by atoms with Crippen LogP contribution in [-0.2, 0) is 6.54 Å². The maximum Gasteiger partial charge on any atom is 0.134 e. The Morgan fingerprint density at radius 3 is 2.65 bits per heavy atom. The molecule has 138 valence electrons. The van der Waals surface area contributed by atoms with E-state index in [0.29, 0.717) is 11.8 Å². The predicted molar refractivity (Wildman–Crippen MR) is 103 cm³/mol. The Balaban J connectivity index is 1.33. The first-order valence-corrected chi connectivity index (χ1v) is 10.1. The van der Waals surface area contributed by atoms with Crippen LogP contribution in [0.4, 0.5) is 0 Å². The number of hydrogen-bond donors (Lipinski definition) is 2. The predicted octanol–water partition coefficient (Wildman–Crippen LogP) is 5.08. The molecule has 2 atom stereocenters. The van der Waals surface area contributed by atoms with Gasteiger partial charge in [-0.25, -0.2) is 0 Å². The molecule has 1 heterocycles. The van der Waals surface area contributed by atoms with Crippen molar-refractivity contribution in [1.29, 1.82) is 0 Å². The average Bonchev–Trinajstić information content (AvgIpc) is 3.02. The number of aliphatic hydroxyl groups is 1. The highest BCUT2D eigenvalue weighted by Crippen LogP contribution is 2.57. The Kier molecular flexibility index (Phi) is 3.79. The van der Waals surface area contributed by atoms with Crippen molar-refractivity contribution in [2.75, 3.05) is 0 Å². The molecule has 6 rings (SSSR count). The molecule has 3 nitrogen and oxygen atoms in total. The molecule has 4 aliphatic carbocycles. The second kappa shape index (κ2) is 5.85. The number of halogens is 1. The zero-order valence-corrected chi connectivity index (χ0v) is 16.0. The minimum Gasteiger partial charge on any atom is -0.460 e. The lowest BCUT2D eigenvalue weighted by Crippen LogP contribution is -2.64. The maximum atomic E-state index is 10.9. The Morgan fingerprint density at radius 1 is 1.15 bits per heavy atom. The highest BCUT2D eigenvalue weighted by molar-refractivity contribution is 6.31. The summed E-state index contributed by atoms with van der Waals surface area (Å²) in [5.74, 6) is 3.19. The minimum atomic E-state index is -0.427. The van der Waals surface area contributed by atoms with Crippen molar-refractivity contribution >= 4 is 11.6 Å². The molecule has 4 bridgehead atoms. The van der Waals surface area contributed by atoms with E-state index >= 15 is 0 Å². The summed E-state index contributed by atoms with van der Waals surface area (Å²) in [7, 11) is 0. The van der Waals surface area contributed by atoms with Crippen LogP contribution in [0.1, 0.15) is 49.8 Å². The van der Waals surface area contributed by atoms with E-state index < -0.39 is 5.60 Å². The van der Waals surface area contributed by atoms with Crippen molar-refractivity contribution < 1.29 is 9.52 Å². The van der Waals surface area contributed by atoms with Crippen LogP contribution >= 0.6 is 11.6 Å². The minimum absolute atomic E-state index is 0.0950. The first kappa shape index (κ1) is 16.9. The summed E-state index contributed by atoms with van der Waals surface area (Å²) in [6.07, 6.45) is 6.62. The number of furan rings is 1. The van der Waals surface area contributed by atoms with E-state index in [4.69, 9.17) is 16.0 Å². The molecule has 0 radical (unpaired) electrons. The Morgan fingerprint density at radius 2 is 1.92 bits per heavy atom. The van der Waals surface area contributed by atoms with Crippen molar-refractivity contribution in [3.05, 3.63) is 46.7 Å². The first-order chi connectivity index (χ1) is 12.4. The van der Waals surface area contributed by atoms with Crippen LogP contribution in [0.3, 0.4) is 0 Å². The van der Waals surface area contributed by atoms with Crippen LogP contribution in [0.25, 0.3) is 11.3 Å². The Hall–Kier alpha value is -1.29. The smallest absolute Gasteiger partial charge is 0.134 e. The fourth-order valence-corrected chi connectivity index (χ4v) is 6.36. The number of hydrogen-bond acceptors (Lipinski definition) is 3. The normalized spacial score (nSPS) is 35.2. The molecule has 0 spiro atoms. The van der Waals surface area contributed by atoms with Gasteiger partial charge < -0.3 is 14.8 Å². The van der Waals surface area contributed by atoms with E-state index in [2.05, 4.69) is 11.4 Å². The van der Waals surface area contributed by atoms with Gasteiger partial charge in [-0.05, 0) is 81.0 Å². The molecular weight excluding hydrogens is 346 g/mol. The highest BCUT2D eigenvalue weighted by atomic mass is 35.5. The molecule has 1 aromatic heterocycles. The second-order valence-corrected chi connectivity index (χ2v) is 9.40. The number of rotatable bonds is 4. The largest absolute Gasteiger partial charge is 0.460 e. The van der Waals surface area contributed by atoms with Crippen molar-refractivity contribution in [2.24, 2.45) is 11.8 Å². The van der Waals surface area contributed by atoms with Crippen molar-refractivity contribution in [3.8, 4) is 11.3 Å². The summed E-state index contributed by atoms with van der Waals surface area (Å²) in [6.45, 7) is 2.74. The zero-order valence-electron chi connectivity index (χ0n) is 15.2. The van der Waals surface area contributed by atoms with Crippen LogP contribution in [0.15, 0.2) is 34.7 Å². The van der Waals surface area contributed by atoms with Gasteiger partial charge in [-0.3, -0.25) is 0 Å². The third-order valence-electron chi connectivity index (χ3n) is 6.86. The van der Waals surface area contributed by atoms with E-state index in [1.54, 1.807) is 0 Å². The average molecular weight is 372 g/mol. The van der Waals surface area contributed by atoms with E-state index in [9.17, 15) is 5.11 Å². The molecule has 0 saturated heterocycles. The van der Waals surface area contributed by atoms with Crippen molar-refractivity contribution in [2.45, 2.75) is 63.1 Å². The summed E-state index contributed by atoms with van der Waals surface area (Å²) in [5, 5.41) is 15.4. The molecule has 26 heavy (non-hydrogen) atoms. The van der Waals surface area contributed by atoms with Gasteiger partial charge in [0.1, 0.15) is 11.5 Å². The lowest BCUT2D eigenvalue weighted by molar-refractivity contribution is -0.143. The molecule has 4 saturated carbocycles. The van der Waals surface area contributed by atoms with E-state index in [0.717, 1.165) is 53.5 Å². The molecule has 1 aromatic carbocycles. The maximum absolute atomic E-state index is 10.9. The molecule has 2 unspecified atom stereocenters. The molecule has 2 N–H and O–H groups in total. The standard InChI is InChI=1S/C22H26ClNO2/c1-14-18(3-2-4-19(14)23)20-6-5-17(26-20)12-24-21-8-15-7-16(9-21)11-22(25,10-15)13-21/h2-6,15-16,24-25H,7-13H2,1H3. The van der Waals surface area contributed by atoms with Crippen molar-refractivity contribution in [3.63, 3.8) is 0 Å². The van der Waals surface area contributed by atoms with Gasteiger partial charge in [0.15, 0.2) is 0 Å². The number of benzene rings is 1. The summed E-state index contributed by atoms with van der Waals surface area (Å²) < 4.78 is 6.11. The van der Waals surface area contributed by atoms with Gasteiger partial charge in [0, 0.05) is 16.1 Å². The van der Waals surface area contributed by atoms with Crippen LogP contribution < -0.4 is 5.32 Å². The lowest BCUT2D eigenvalue weighted by atomic mass is 9.51. The van der Waals surface area contributed by atoms with Crippen LogP contribution in [-0.4, -0.2) is 16.2 Å². The van der Waals surface area contributed by atoms with E-state index in [-0.39, 0.29) is 5.54 Å². The van der Waals surface area contributed by atoms with Gasteiger partial charge >= 0.3 is 0 Å². The van der Waals surface area contributed by atoms with Crippen LogP contribution in [0.2, 0.25) is 5.02 Å². The Bertz CT molecular complexity index is 828. The quantitative estimate of drug-likeness (QED) is 0.787. The van der Waals surface area contributed by atoms with Gasteiger partial charge in [-0.2, -0.15) is 0 Å². The highest BCUT2D eigenvalue weighted by Gasteiger charge is 2.56. The molecule has 2 aromatic rings. The van der Waals surface area contributed by atoms with Gasteiger partial charge in [-0.1, -0.05) is 23.7 Å². The van der Waals surface area contributed by atoms with E-state index in [1.807, 2.05) is 31.2 Å². The molecule has 0 aliphatic heterocycles. The molecule has 4 fully saturated rings. The second-order valence-electron chi connectivity index (χ2n) is 9.00. The fourth-order valence-electron chi connectivity index (χ4n) is 6.19. The lowest BCUT2D eigenvalue weighted by Gasteiger charge is -2.60. The van der Waals surface area contributed by atoms with Crippen molar-refractivity contribution in [1.82, 2.24) is 5.32 Å². The van der Waals surface area contributed by atoms with Gasteiger partial charge in [0.25, 0.3) is 0 Å². The molecule has 0 amide bonds. The first-order valence-electron chi connectivity index (χ1n) is 9.75. The topological polar surface area (TPSA) is 45.4 Å². The van der Waals surface area contributed by atoms with E-state index in [1.165, 1.54) is 19.3 Å². The van der Waals surface area contributed by atoms with Crippen LogP contribution in [0, 0.1) is 18.8 Å².